The molecule has 1 aromatic rings. The summed E-state index contributed by atoms with van der Waals surface area (Å²) in [6, 6.07) is 8.15. The second-order valence-electron chi connectivity index (χ2n) is 5.51. The van der Waals surface area contributed by atoms with E-state index in [0.717, 1.165) is 25.1 Å². The average molecular weight is 276 g/mol. The molecule has 0 spiro atoms. The van der Waals surface area contributed by atoms with Crippen molar-refractivity contribution < 1.29 is 9.53 Å². The van der Waals surface area contributed by atoms with Crippen LogP contribution in [0.5, 0.6) is 5.75 Å². The Hall–Kier alpha value is -1.55. The highest BCUT2D eigenvalue weighted by Crippen LogP contribution is 2.28. The molecule has 1 saturated heterocycles. The van der Waals surface area contributed by atoms with E-state index in [1.165, 1.54) is 5.56 Å². The van der Waals surface area contributed by atoms with Crippen molar-refractivity contribution in [2.75, 3.05) is 20.2 Å². The standard InChI is InChI=1S/C16H24N2O2/c1-3-4-16(19)18-10-13(9-14(17)11-18)12-5-7-15(20-2)8-6-12/h5-8,13-14H,3-4,9-11,17H2,1-2H3. The monoisotopic (exact) mass is 276 g/mol. The van der Waals surface area contributed by atoms with Gasteiger partial charge in [0.1, 0.15) is 5.75 Å². The van der Waals surface area contributed by atoms with Gasteiger partial charge in [-0.3, -0.25) is 4.79 Å². The van der Waals surface area contributed by atoms with Gasteiger partial charge in [-0.15, -0.1) is 0 Å². The third kappa shape index (κ3) is 3.51. The van der Waals surface area contributed by atoms with Gasteiger partial charge in [0.25, 0.3) is 0 Å². The third-order valence-corrected chi connectivity index (χ3v) is 3.89. The van der Waals surface area contributed by atoms with Crippen LogP contribution in [0.3, 0.4) is 0 Å². The van der Waals surface area contributed by atoms with Gasteiger partial charge in [0, 0.05) is 31.5 Å². The second kappa shape index (κ2) is 6.75. The number of likely N-dealkylation sites (tertiary alicyclic amines) is 1. The number of amides is 1. The smallest absolute Gasteiger partial charge is 0.222 e. The maximum absolute atomic E-state index is 12.1. The molecule has 0 radical (unpaired) electrons. The van der Waals surface area contributed by atoms with Crippen molar-refractivity contribution in [2.45, 2.75) is 38.1 Å². The number of carbonyl (C=O) groups is 1. The van der Waals surface area contributed by atoms with Crippen molar-refractivity contribution in [1.82, 2.24) is 4.90 Å². The third-order valence-electron chi connectivity index (χ3n) is 3.89. The average Bonchev–Trinajstić information content (AvgIpc) is 2.47. The number of piperidine rings is 1. The second-order valence-corrected chi connectivity index (χ2v) is 5.51. The fourth-order valence-corrected chi connectivity index (χ4v) is 2.83. The van der Waals surface area contributed by atoms with Crippen molar-refractivity contribution in [3.63, 3.8) is 0 Å². The molecular formula is C16H24N2O2. The first-order valence-electron chi connectivity index (χ1n) is 7.31. The number of rotatable bonds is 4. The fourth-order valence-electron chi connectivity index (χ4n) is 2.83. The zero-order valence-electron chi connectivity index (χ0n) is 12.3. The van der Waals surface area contributed by atoms with E-state index in [9.17, 15) is 4.79 Å². The first-order chi connectivity index (χ1) is 9.63. The molecule has 0 saturated carbocycles. The van der Waals surface area contributed by atoms with Gasteiger partial charge < -0.3 is 15.4 Å². The van der Waals surface area contributed by atoms with E-state index in [4.69, 9.17) is 10.5 Å². The topological polar surface area (TPSA) is 55.6 Å². The van der Waals surface area contributed by atoms with E-state index >= 15 is 0 Å². The summed E-state index contributed by atoms with van der Waals surface area (Å²) in [5, 5.41) is 0. The normalized spacial score (nSPS) is 22.6. The van der Waals surface area contributed by atoms with Gasteiger partial charge in [-0.05, 0) is 30.5 Å². The number of methoxy groups -OCH3 is 1. The van der Waals surface area contributed by atoms with Crippen LogP contribution in [-0.2, 0) is 4.79 Å². The molecule has 2 N–H and O–H groups in total. The number of hydrogen-bond acceptors (Lipinski definition) is 3. The highest BCUT2D eigenvalue weighted by molar-refractivity contribution is 5.76. The van der Waals surface area contributed by atoms with Crippen molar-refractivity contribution >= 4 is 5.91 Å². The number of benzene rings is 1. The molecule has 1 heterocycles. The molecule has 1 aromatic carbocycles. The fraction of sp³-hybridized carbons (Fsp3) is 0.562. The molecule has 4 heteroatoms. The quantitative estimate of drug-likeness (QED) is 0.916. The zero-order valence-corrected chi connectivity index (χ0v) is 12.3. The molecule has 20 heavy (non-hydrogen) atoms. The molecule has 4 nitrogen and oxygen atoms in total. The molecular weight excluding hydrogens is 252 g/mol. The van der Waals surface area contributed by atoms with Gasteiger partial charge in [-0.1, -0.05) is 19.1 Å². The Bertz CT molecular complexity index is 444. The van der Waals surface area contributed by atoms with Gasteiger partial charge in [-0.25, -0.2) is 0 Å². The number of nitrogens with two attached hydrogens (primary N) is 1. The minimum Gasteiger partial charge on any atom is -0.497 e. The molecule has 1 aliphatic heterocycles. The molecule has 110 valence electrons. The van der Waals surface area contributed by atoms with Crippen LogP contribution in [0.15, 0.2) is 24.3 Å². The summed E-state index contributed by atoms with van der Waals surface area (Å²) in [4.78, 5) is 14.0. The summed E-state index contributed by atoms with van der Waals surface area (Å²) < 4.78 is 5.18. The summed E-state index contributed by atoms with van der Waals surface area (Å²) in [5.74, 6) is 1.40. The van der Waals surface area contributed by atoms with Crippen LogP contribution in [0.4, 0.5) is 0 Å². The van der Waals surface area contributed by atoms with Crippen LogP contribution in [0, 0.1) is 0 Å². The highest BCUT2D eigenvalue weighted by atomic mass is 16.5. The zero-order chi connectivity index (χ0) is 14.5. The molecule has 2 rings (SSSR count). The van der Waals surface area contributed by atoms with Crippen LogP contribution in [0.25, 0.3) is 0 Å². The van der Waals surface area contributed by atoms with Crippen LogP contribution in [0.1, 0.15) is 37.7 Å². The minimum absolute atomic E-state index is 0.0663. The first-order valence-corrected chi connectivity index (χ1v) is 7.31. The van der Waals surface area contributed by atoms with Gasteiger partial charge in [0.2, 0.25) is 5.91 Å². The first kappa shape index (κ1) is 14.9. The van der Waals surface area contributed by atoms with E-state index in [2.05, 4.69) is 12.1 Å². The van der Waals surface area contributed by atoms with Crippen molar-refractivity contribution in [3.8, 4) is 5.75 Å². The molecule has 2 atom stereocenters. The van der Waals surface area contributed by atoms with E-state index < -0.39 is 0 Å². The predicted octanol–water partition coefficient (Wildman–Crippen LogP) is 2.14. The van der Waals surface area contributed by atoms with E-state index in [0.29, 0.717) is 18.9 Å². The SMILES string of the molecule is CCCC(=O)N1CC(N)CC(c2ccc(OC)cc2)C1. The summed E-state index contributed by atoms with van der Waals surface area (Å²) in [7, 11) is 1.66. The summed E-state index contributed by atoms with van der Waals surface area (Å²) in [5.41, 5.74) is 7.36. The Labute approximate surface area is 120 Å². The minimum atomic E-state index is 0.0663. The van der Waals surface area contributed by atoms with Crippen LogP contribution in [-0.4, -0.2) is 37.0 Å². The van der Waals surface area contributed by atoms with Crippen molar-refractivity contribution in [2.24, 2.45) is 5.73 Å². The molecule has 1 amide bonds. The van der Waals surface area contributed by atoms with Gasteiger partial charge in [-0.2, -0.15) is 0 Å². The van der Waals surface area contributed by atoms with Crippen molar-refractivity contribution in [3.05, 3.63) is 29.8 Å². The lowest BCUT2D eigenvalue weighted by Gasteiger charge is -2.36. The Morgan fingerprint density at radius 1 is 1.35 bits per heavy atom. The van der Waals surface area contributed by atoms with Gasteiger partial charge in [0.15, 0.2) is 0 Å². The molecule has 0 aliphatic carbocycles. The Morgan fingerprint density at radius 3 is 2.65 bits per heavy atom. The molecule has 0 bridgehead atoms. The predicted molar refractivity (Wildman–Crippen MR) is 79.8 cm³/mol. The summed E-state index contributed by atoms with van der Waals surface area (Å²) >= 11 is 0. The number of nitrogens with zero attached hydrogens (tertiary/aromatic N) is 1. The van der Waals surface area contributed by atoms with Gasteiger partial charge in [0.05, 0.1) is 7.11 Å². The lowest BCUT2D eigenvalue weighted by Crippen LogP contribution is -2.48. The van der Waals surface area contributed by atoms with E-state index in [1.54, 1.807) is 7.11 Å². The number of carbonyl (C=O) groups excluding carboxylic acids is 1. The number of ether oxygens (including phenoxy) is 1. The van der Waals surface area contributed by atoms with Crippen LogP contribution in [0.2, 0.25) is 0 Å². The summed E-state index contributed by atoms with van der Waals surface area (Å²) in [6.45, 7) is 3.49. The number of hydrogen-bond donors (Lipinski definition) is 1. The van der Waals surface area contributed by atoms with E-state index in [1.807, 2.05) is 24.0 Å². The lowest BCUT2D eigenvalue weighted by molar-refractivity contribution is -0.132. The Kier molecular flexibility index (Phi) is 5.01. The summed E-state index contributed by atoms with van der Waals surface area (Å²) in [6.07, 6.45) is 2.43. The van der Waals surface area contributed by atoms with E-state index in [-0.39, 0.29) is 11.9 Å². The van der Waals surface area contributed by atoms with Crippen molar-refractivity contribution in [1.29, 1.82) is 0 Å². The Morgan fingerprint density at radius 2 is 2.05 bits per heavy atom. The maximum atomic E-state index is 12.1. The van der Waals surface area contributed by atoms with Crippen LogP contribution < -0.4 is 10.5 Å². The Balaban J connectivity index is 2.08. The van der Waals surface area contributed by atoms with Gasteiger partial charge >= 0.3 is 0 Å². The molecule has 2 unspecified atom stereocenters. The molecule has 1 aliphatic rings. The molecule has 1 fully saturated rings. The maximum Gasteiger partial charge on any atom is 0.222 e. The molecule has 0 aromatic heterocycles. The lowest BCUT2D eigenvalue weighted by atomic mass is 9.88. The highest BCUT2D eigenvalue weighted by Gasteiger charge is 2.28. The largest absolute Gasteiger partial charge is 0.497 e. The van der Waals surface area contributed by atoms with Crippen LogP contribution >= 0.6 is 0 Å².